The zero-order valence-electron chi connectivity index (χ0n) is 26.8. The Morgan fingerprint density at radius 1 is 0.565 bits per heavy atom. The lowest BCUT2D eigenvalue weighted by Gasteiger charge is -2.43. The number of fused-ring (bicyclic) bond motifs is 6. The molecule has 0 N–H and O–H groups in total. The average molecular weight is 606 g/mol. The predicted octanol–water partition coefficient (Wildman–Crippen LogP) is 10.3. The molecule has 46 heavy (non-hydrogen) atoms. The predicted molar refractivity (Wildman–Crippen MR) is 187 cm³/mol. The molecule has 4 aliphatic rings. The van der Waals surface area contributed by atoms with Gasteiger partial charge in [0.2, 0.25) is 0 Å². The molecule has 0 saturated heterocycles. The summed E-state index contributed by atoms with van der Waals surface area (Å²) in [5, 5.41) is 0. The van der Waals surface area contributed by atoms with Crippen molar-refractivity contribution >= 4 is 17.1 Å². The zero-order valence-corrected chi connectivity index (χ0v) is 26.8. The van der Waals surface area contributed by atoms with Crippen LogP contribution in [0.4, 0.5) is 17.1 Å². The highest BCUT2D eigenvalue weighted by Crippen LogP contribution is 2.56. The van der Waals surface area contributed by atoms with Gasteiger partial charge in [-0.1, -0.05) is 110 Å². The molecule has 0 bridgehead atoms. The number of nitrogens with zero attached hydrogens (tertiary/aromatic N) is 1. The molecule has 4 heterocycles. The molecule has 4 aromatic rings. The van der Waals surface area contributed by atoms with E-state index in [-0.39, 0.29) is 11.2 Å². The smallest absolute Gasteiger partial charge is 0.173 e. The molecule has 2 spiro atoms. The van der Waals surface area contributed by atoms with E-state index in [1.165, 1.54) is 22.5 Å². The first-order valence-electron chi connectivity index (χ1n) is 15.8. The molecule has 4 heteroatoms. The molecular weight excluding hydrogens is 566 g/mol. The van der Waals surface area contributed by atoms with Gasteiger partial charge in [0, 0.05) is 22.4 Å². The van der Waals surface area contributed by atoms with Crippen LogP contribution in [0.2, 0.25) is 0 Å². The summed E-state index contributed by atoms with van der Waals surface area (Å²) in [7, 11) is 0. The van der Waals surface area contributed by atoms with Crippen LogP contribution in [0.3, 0.4) is 0 Å². The topological polar surface area (TPSA) is 30.9 Å². The fourth-order valence-corrected chi connectivity index (χ4v) is 6.83. The second-order valence-corrected chi connectivity index (χ2v) is 13.0. The summed E-state index contributed by atoms with van der Waals surface area (Å²) in [6, 6.07) is 35.7. The summed E-state index contributed by atoms with van der Waals surface area (Å²) in [4.78, 5) is 2.33. The first kappa shape index (κ1) is 29.8. The lowest BCUT2D eigenvalue weighted by atomic mass is 9.80. The molecule has 4 aliphatic heterocycles. The van der Waals surface area contributed by atoms with Gasteiger partial charge in [-0.05, 0) is 76.3 Å². The van der Waals surface area contributed by atoms with Gasteiger partial charge >= 0.3 is 0 Å². The molecule has 8 rings (SSSR count). The van der Waals surface area contributed by atoms with Crippen LogP contribution < -0.4 is 9.64 Å². The van der Waals surface area contributed by atoms with E-state index < -0.39 is 11.2 Å². The van der Waals surface area contributed by atoms with Crippen molar-refractivity contribution in [1.82, 2.24) is 0 Å². The second kappa shape index (κ2) is 11.2. The highest BCUT2D eigenvalue weighted by molar-refractivity contribution is 5.86. The van der Waals surface area contributed by atoms with Crippen LogP contribution in [0.15, 0.2) is 164 Å². The molecule has 1 atom stereocenters. The summed E-state index contributed by atoms with van der Waals surface area (Å²) in [5.74, 6) is 1.65. The summed E-state index contributed by atoms with van der Waals surface area (Å²) in [6.07, 6.45) is 16.0. The fraction of sp³-hybridized carbons (Fsp3) is 0.190. The Morgan fingerprint density at radius 3 is 1.65 bits per heavy atom. The van der Waals surface area contributed by atoms with E-state index in [0.717, 1.165) is 22.8 Å². The van der Waals surface area contributed by atoms with Crippen LogP contribution in [0.1, 0.15) is 44.4 Å². The van der Waals surface area contributed by atoms with Gasteiger partial charge in [0.15, 0.2) is 5.60 Å². The Kier molecular flexibility index (Phi) is 7.23. The van der Waals surface area contributed by atoms with Gasteiger partial charge in [-0.25, -0.2) is 0 Å². The van der Waals surface area contributed by atoms with Crippen molar-refractivity contribution in [3.05, 3.63) is 181 Å². The summed E-state index contributed by atoms with van der Waals surface area (Å²) in [6.45, 7) is 12.0. The molecule has 4 aromatic carbocycles. The Morgan fingerprint density at radius 2 is 1.09 bits per heavy atom. The quantitative estimate of drug-likeness (QED) is 0.172. The molecule has 0 aromatic heterocycles. The van der Waals surface area contributed by atoms with Crippen molar-refractivity contribution in [2.45, 2.75) is 50.1 Å². The lowest BCUT2D eigenvalue weighted by molar-refractivity contribution is -0.0583. The van der Waals surface area contributed by atoms with Crippen LogP contribution in [0.5, 0.6) is 5.75 Å². The normalized spacial score (nSPS) is 22.8. The molecule has 230 valence electrons. The van der Waals surface area contributed by atoms with Crippen molar-refractivity contribution in [3.63, 3.8) is 0 Å². The van der Waals surface area contributed by atoms with E-state index in [9.17, 15) is 0 Å². The van der Waals surface area contributed by atoms with Crippen LogP contribution in [-0.4, -0.2) is 11.2 Å². The van der Waals surface area contributed by atoms with Gasteiger partial charge < -0.3 is 19.1 Å². The summed E-state index contributed by atoms with van der Waals surface area (Å²) in [5.41, 5.74) is 5.17. The van der Waals surface area contributed by atoms with Crippen molar-refractivity contribution in [1.29, 1.82) is 0 Å². The molecule has 0 saturated carbocycles. The van der Waals surface area contributed by atoms with Crippen molar-refractivity contribution < 1.29 is 14.2 Å². The van der Waals surface area contributed by atoms with Crippen LogP contribution >= 0.6 is 0 Å². The van der Waals surface area contributed by atoms with E-state index in [2.05, 4.69) is 148 Å². The summed E-state index contributed by atoms with van der Waals surface area (Å²) >= 11 is 0. The minimum Gasteiger partial charge on any atom is -0.457 e. The van der Waals surface area contributed by atoms with E-state index in [1.54, 1.807) is 6.08 Å². The average Bonchev–Trinajstić information content (AvgIpc) is 3.68. The maximum Gasteiger partial charge on any atom is 0.173 e. The Bertz CT molecular complexity index is 1860. The summed E-state index contributed by atoms with van der Waals surface area (Å²) < 4.78 is 19.0. The highest BCUT2D eigenvalue weighted by atomic mass is 16.6. The Hall–Kier alpha value is -4.90. The van der Waals surface area contributed by atoms with Gasteiger partial charge in [-0.3, -0.25) is 0 Å². The largest absolute Gasteiger partial charge is 0.457 e. The third-order valence-electron chi connectivity index (χ3n) is 8.76. The number of anilines is 3. The van der Waals surface area contributed by atoms with E-state index >= 15 is 0 Å². The van der Waals surface area contributed by atoms with Gasteiger partial charge in [0.1, 0.15) is 17.1 Å². The molecule has 0 aliphatic carbocycles. The molecule has 1 unspecified atom stereocenters. The number of rotatable bonds is 3. The number of hydrogen-bond donors (Lipinski definition) is 0. The standard InChI is InChI=1S/C24H21NO.C18H18O2/c1-23(2)16-17-24(26-23)19-12-6-8-14-21(19)25(18-10-4-3-5-11-18)22-15-9-7-13-20(22)24;1-4-5-6-11-16-18(13-12-17(2,3)20-18)14-9-7-8-10-15(14)19-16/h3-17H,1-2H3;4-13H,1H2,2-3H3/b;6-5-,16-11-. The van der Waals surface area contributed by atoms with Crippen molar-refractivity contribution in [2.24, 2.45) is 0 Å². The molecule has 0 fully saturated rings. The first-order valence-corrected chi connectivity index (χ1v) is 15.8. The van der Waals surface area contributed by atoms with E-state index in [0.29, 0.717) is 0 Å². The number of ether oxygens (including phenoxy) is 3. The maximum atomic E-state index is 6.68. The SMILES string of the molecule is C=C/C=C\C=C1/Oc2ccccc2C12C=CC(C)(C)O2.CC1(C)C=CC2(O1)c1ccccc1N(c1ccccc1)c1ccccc12. The third-order valence-corrected chi connectivity index (χ3v) is 8.76. The Labute approximate surface area is 272 Å². The minimum atomic E-state index is -0.606. The Balaban J connectivity index is 0.000000152. The molecule has 4 nitrogen and oxygen atoms in total. The van der Waals surface area contributed by atoms with Gasteiger partial charge in [-0.2, -0.15) is 0 Å². The highest BCUT2D eigenvalue weighted by Gasteiger charge is 2.51. The molecule has 0 amide bonds. The number of benzene rings is 4. The second-order valence-electron chi connectivity index (χ2n) is 13.0. The van der Waals surface area contributed by atoms with Crippen LogP contribution in [0, 0.1) is 0 Å². The number of hydrogen-bond acceptors (Lipinski definition) is 4. The van der Waals surface area contributed by atoms with Crippen molar-refractivity contribution in [3.8, 4) is 5.75 Å². The lowest BCUT2D eigenvalue weighted by Crippen LogP contribution is -2.37. The zero-order chi connectivity index (χ0) is 32.0. The van der Waals surface area contributed by atoms with E-state index in [1.807, 2.05) is 36.4 Å². The number of para-hydroxylation sites is 4. The van der Waals surface area contributed by atoms with Gasteiger partial charge in [0.05, 0.1) is 22.6 Å². The monoisotopic (exact) mass is 605 g/mol. The van der Waals surface area contributed by atoms with Gasteiger partial charge in [0.25, 0.3) is 0 Å². The molecule has 0 radical (unpaired) electrons. The van der Waals surface area contributed by atoms with E-state index in [4.69, 9.17) is 14.2 Å². The van der Waals surface area contributed by atoms with Gasteiger partial charge in [-0.15, -0.1) is 0 Å². The minimum absolute atomic E-state index is 0.296. The molecular formula is C42H39NO3. The van der Waals surface area contributed by atoms with Crippen molar-refractivity contribution in [2.75, 3.05) is 4.90 Å². The maximum absolute atomic E-state index is 6.68. The fourth-order valence-electron chi connectivity index (χ4n) is 6.83. The number of allylic oxidation sites excluding steroid dienone is 4. The first-order chi connectivity index (χ1) is 22.2. The van der Waals surface area contributed by atoms with Crippen LogP contribution in [0.25, 0.3) is 0 Å². The van der Waals surface area contributed by atoms with Crippen LogP contribution in [-0.2, 0) is 20.7 Å². The third kappa shape index (κ3) is 4.95.